The van der Waals surface area contributed by atoms with Crippen LogP contribution in [0.15, 0.2) is 12.1 Å². The van der Waals surface area contributed by atoms with Crippen molar-refractivity contribution >= 4 is 11.8 Å². The molecule has 1 aliphatic carbocycles. The standard InChI is InChI=1S/C13H18N2O2/c1-8(2)10-6-9(12(16)17)7-11(14-10)15-13(3)4-5-13/h6-8H,4-5H2,1-3H3,(H,14,15)(H,16,17). The number of hydrogen-bond donors (Lipinski definition) is 2. The van der Waals surface area contributed by atoms with E-state index in [-0.39, 0.29) is 11.5 Å². The summed E-state index contributed by atoms with van der Waals surface area (Å²) in [6.07, 6.45) is 2.23. The van der Waals surface area contributed by atoms with Crippen molar-refractivity contribution < 1.29 is 9.90 Å². The lowest BCUT2D eigenvalue weighted by Gasteiger charge is -2.15. The minimum Gasteiger partial charge on any atom is -0.478 e. The Balaban J connectivity index is 2.33. The van der Waals surface area contributed by atoms with Crippen LogP contribution in [0.5, 0.6) is 0 Å². The first-order chi connectivity index (χ1) is 7.89. The van der Waals surface area contributed by atoms with E-state index in [1.165, 1.54) is 0 Å². The number of aromatic carboxylic acids is 1. The first-order valence-corrected chi connectivity index (χ1v) is 5.93. The molecule has 1 heterocycles. The summed E-state index contributed by atoms with van der Waals surface area (Å²) in [4.78, 5) is 15.5. The van der Waals surface area contributed by atoms with Crippen molar-refractivity contribution in [1.29, 1.82) is 0 Å². The molecule has 17 heavy (non-hydrogen) atoms. The normalized spacial score (nSPS) is 16.9. The number of aromatic nitrogens is 1. The summed E-state index contributed by atoms with van der Waals surface area (Å²) in [5, 5.41) is 12.4. The molecule has 1 saturated carbocycles. The minimum absolute atomic E-state index is 0.110. The molecule has 92 valence electrons. The van der Waals surface area contributed by atoms with E-state index in [0.29, 0.717) is 11.4 Å². The van der Waals surface area contributed by atoms with Crippen LogP contribution < -0.4 is 5.32 Å². The van der Waals surface area contributed by atoms with Gasteiger partial charge in [-0.25, -0.2) is 9.78 Å². The van der Waals surface area contributed by atoms with Crippen LogP contribution in [-0.2, 0) is 0 Å². The van der Waals surface area contributed by atoms with Gasteiger partial charge in [0.05, 0.1) is 5.56 Å². The summed E-state index contributed by atoms with van der Waals surface area (Å²) in [7, 11) is 0. The van der Waals surface area contributed by atoms with Crippen LogP contribution in [0.1, 0.15) is 55.6 Å². The fourth-order valence-corrected chi connectivity index (χ4v) is 1.66. The van der Waals surface area contributed by atoms with Crippen LogP contribution >= 0.6 is 0 Å². The Morgan fingerprint density at radius 3 is 2.59 bits per heavy atom. The number of nitrogens with zero attached hydrogens (tertiary/aromatic N) is 1. The van der Waals surface area contributed by atoms with Gasteiger partial charge in [0, 0.05) is 11.2 Å². The molecule has 1 aliphatic rings. The molecule has 0 aromatic carbocycles. The third-order valence-electron chi connectivity index (χ3n) is 3.11. The molecule has 0 unspecified atom stereocenters. The van der Waals surface area contributed by atoms with E-state index in [1.54, 1.807) is 12.1 Å². The van der Waals surface area contributed by atoms with E-state index >= 15 is 0 Å². The van der Waals surface area contributed by atoms with E-state index in [4.69, 9.17) is 5.11 Å². The number of anilines is 1. The molecule has 0 aliphatic heterocycles. The molecule has 0 bridgehead atoms. The zero-order chi connectivity index (χ0) is 12.6. The summed E-state index contributed by atoms with van der Waals surface area (Å²) in [5.74, 6) is -0.00578. The van der Waals surface area contributed by atoms with Gasteiger partial charge in [-0.3, -0.25) is 0 Å². The van der Waals surface area contributed by atoms with Crippen molar-refractivity contribution in [2.75, 3.05) is 5.32 Å². The molecule has 0 spiro atoms. The topological polar surface area (TPSA) is 62.2 Å². The molecular formula is C13H18N2O2. The average Bonchev–Trinajstić information content (AvgIpc) is 2.95. The maximum atomic E-state index is 11.1. The SMILES string of the molecule is CC(C)c1cc(C(=O)O)cc(NC2(C)CC2)n1. The lowest BCUT2D eigenvalue weighted by molar-refractivity contribution is 0.0696. The van der Waals surface area contributed by atoms with Gasteiger partial charge in [-0.05, 0) is 37.8 Å². The maximum Gasteiger partial charge on any atom is 0.335 e. The van der Waals surface area contributed by atoms with Gasteiger partial charge in [0.15, 0.2) is 0 Å². The Bertz CT molecular complexity index is 451. The third-order valence-corrected chi connectivity index (χ3v) is 3.11. The highest BCUT2D eigenvalue weighted by molar-refractivity contribution is 5.88. The molecule has 0 radical (unpaired) electrons. The van der Waals surface area contributed by atoms with Gasteiger partial charge in [-0.15, -0.1) is 0 Å². The van der Waals surface area contributed by atoms with Gasteiger partial charge in [0.2, 0.25) is 0 Å². The number of hydrogen-bond acceptors (Lipinski definition) is 3. The van der Waals surface area contributed by atoms with Crippen LogP contribution in [0.4, 0.5) is 5.82 Å². The Morgan fingerprint density at radius 2 is 2.12 bits per heavy atom. The molecule has 4 nitrogen and oxygen atoms in total. The fourth-order valence-electron chi connectivity index (χ4n) is 1.66. The van der Waals surface area contributed by atoms with Crippen LogP contribution in [0.2, 0.25) is 0 Å². The Hall–Kier alpha value is -1.58. The van der Waals surface area contributed by atoms with Gasteiger partial charge in [0.1, 0.15) is 5.82 Å². The van der Waals surface area contributed by atoms with Crippen molar-refractivity contribution in [2.45, 2.75) is 45.1 Å². The number of carboxylic acid groups (broad SMARTS) is 1. The summed E-state index contributed by atoms with van der Waals surface area (Å²) in [6.45, 7) is 6.14. The van der Waals surface area contributed by atoms with E-state index in [2.05, 4.69) is 17.2 Å². The van der Waals surface area contributed by atoms with Crippen LogP contribution in [0, 0.1) is 0 Å². The summed E-state index contributed by atoms with van der Waals surface area (Å²) >= 11 is 0. The quantitative estimate of drug-likeness (QED) is 0.840. The predicted molar refractivity (Wildman–Crippen MR) is 66.5 cm³/mol. The molecule has 1 aromatic heterocycles. The average molecular weight is 234 g/mol. The fraction of sp³-hybridized carbons (Fsp3) is 0.538. The van der Waals surface area contributed by atoms with Crippen molar-refractivity contribution in [2.24, 2.45) is 0 Å². The highest BCUT2D eigenvalue weighted by Gasteiger charge is 2.37. The molecule has 2 rings (SSSR count). The van der Waals surface area contributed by atoms with E-state index in [1.807, 2.05) is 13.8 Å². The van der Waals surface area contributed by atoms with Crippen molar-refractivity contribution in [3.8, 4) is 0 Å². The molecule has 1 aromatic rings. The highest BCUT2D eigenvalue weighted by atomic mass is 16.4. The second-order valence-electron chi connectivity index (χ2n) is 5.31. The van der Waals surface area contributed by atoms with Crippen LogP contribution in [-0.4, -0.2) is 21.6 Å². The molecule has 0 saturated heterocycles. The number of pyridine rings is 1. The van der Waals surface area contributed by atoms with Gasteiger partial charge in [0.25, 0.3) is 0 Å². The van der Waals surface area contributed by atoms with Crippen LogP contribution in [0.3, 0.4) is 0 Å². The molecular weight excluding hydrogens is 216 g/mol. The monoisotopic (exact) mass is 234 g/mol. The summed E-state index contributed by atoms with van der Waals surface area (Å²) < 4.78 is 0. The van der Waals surface area contributed by atoms with Gasteiger partial charge in [-0.2, -0.15) is 0 Å². The maximum absolute atomic E-state index is 11.1. The number of carbonyl (C=O) groups is 1. The van der Waals surface area contributed by atoms with Gasteiger partial charge < -0.3 is 10.4 Å². The lowest BCUT2D eigenvalue weighted by atomic mass is 10.1. The first-order valence-electron chi connectivity index (χ1n) is 5.93. The van der Waals surface area contributed by atoms with E-state index in [0.717, 1.165) is 18.5 Å². The lowest BCUT2D eigenvalue weighted by Crippen LogP contribution is -2.18. The molecule has 2 N–H and O–H groups in total. The van der Waals surface area contributed by atoms with Gasteiger partial charge in [-0.1, -0.05) is 13.8 Å². The highest BCUT2D eigenvalue weighted by Crippen LogP contribution is 2.38. The summed E-state index contributed by atoms with van der Waals surface area (Å²) in [5.41, 5.74) is 1.23. The summed E-state index contributed by atoms with van der Waals surface area (Å²) in [6, 6.07) is 3.26. The zero-order valence-electron chi connectivity index (χ0n) is 10.4. The van der Waals surface area contributed by atoms with Crippen molar-refractivity contribution in [3.63, 3.8) is 0 Å². The number of carboxylic acids is 1. The number of nitrogens with one attached hydrogen (secondary N) is 1. The van der Waals surface area contributed by atoms with Crippen molar-refractivity contribution in [3.05, 3.63) is 23.4 Å². The molecule has 0 amide bonds. The third kappa shape index (κ3) is 2.75. The minimum atomic E-state index is -0.904. The Kier molecular flexibility index (Phi) is 2.81. The second kappa shape index (κ2) is 4.02. The largest absolute Gasteiger partial charge is 0.478 e. The zero-order valence-corrected chi connectivity index (χ0v) is 10.4. The molecule has 1 fully saturated rings. The van der Waals surface area contributed by atoms with Gasteiger partial charge >= 0.3 is 5.97 Å². The molecule has 4 heteroatoms. The number of rotatable bonds is 4. The van der Waals surface area contributed by atoms with Crippen LogP contribution in [0.25, 0.3) is 0 Å². The Labute approximate surface area is 101 Å². The van der Waals surface area contributed by atoms with E-state index < -0.39 is 5.97 Å². The second-order valence-corrected chi connectivity index (χ2v) is 5.31. The molecule has 0 atom stereocenters. The Morgan fingerprint density at radius 1 is 1.47 bits per heavy atom. The smallest absolute Gasteiger partial charge is 0.335 e. The predicted octanol–water partition coefficient (Wildman–Crippen LogP) is 2.87. The van der Waals surface area contributed by atoms with Crippen molar-refractivity contribution in [1.82, 2.24) is 4.98 Å². The van der Waals surface area contributed by atoms with E-state index in [9.17, 15) is 4.79 Å². The first kappa shape index (κ1) is 11.9.